The van der Waals surface area contributed by atoms with Gasteiger partial charge in [0.05, 0.1) is 13.3 Å². The molecule has 126 valence electrons. The van der Waals surface area contributed by atoms with Gasteiger partial charge in [0.1, 0.15) is 5.75 Å². The third kappa shape index (κ3) is 5.42. The zero-order valence-corrected chi connectivity index (χ0v) is 15.2. The van der Waals surface area contributed by atoms with Crippen molar-refractivity contribution in [2.45, 2.75) is 30.4 Å². The fourth-order valence-corrected chi connectivity index (χ4v) is 3.04. The maximum absolute atomic E-state index is 12.1. The van der Waals surface area contributed by atoms with Gasteiger partial charge in [-0.25, -0.2) is 5.43 Å². The van der Waals surface area contributed by atoms with Gasteiger partial charge in [-0.1, -0.05) is 45.0 Å². The molecule has 0 bridgehead atoms. The number of hydrogen-bond donors (Lipinski definition) is 1. The number of benzene rings is 2. The van der Waals surface area contributed by atoms with Crippen LogP contribution in [0.25, 0.3) is 0 Å². The molecule has 2 rings (SSSR count). The zero-order valence-electron chi connectivity index (χ0n) is 14.4. The molecule has 0 heterocycles. The molecular formula is C19H22N2O2S. The van der Waals surface area contributed by atoms with E-state index in [2.05, 4.69) is 37.4 Å². The molecule has 1 N–H and O–H groups in total. The standard InChI is InChI=1S/C19H22N2O2S/c1-19(2,3)24-17-11-6-5-8-15(17)13-20-21-18(22)14-9-7-10-16(12-14)23-4/h5-13H,1-4H3,(H,21,22)/b20-13+. The molecule has 0 aliphatic rings. The van der Waals surface area contributed by atoms with Crippen LogP contribution in [0.15, 0.2) is 58.5 Å². The summed E-state index contributed by atoms with van der Waals surface area (Å²) in [7, 11) is 1.57. The number of ether oxygens (including phenoxy) is 1. The van der Waals surface area contributed by atoms with Crippen LogP contribution in [-0.2, 0) is 0 Å². The lowest BCUT2D eigenvalue weighted by molar-refractivity contribution is 0.0955. The Bertz CT molecular complexity index is 736. The van der Waals surface area contributed by atoms with Crippen molar-refractivity contribution in [1.82, 2.24) is 5.43 Å². The van der Waals surface area contributed by atoms with Crippen LogP contribution in [0, 0.1) is 0 Å². The summed E-state index contributed by atoms with van der Waals surface area (Å²) in [5.41, 5.74) is 4.03. The van der Waals surface area contributed by atoms with Gasteiger partial charge in [-0.2, -0.15) is 5.10 Å². The fourth-order valence-electron chi connectivity index (χ4n) is 2.00. The molecule has 0 fully saturated rings. The van der Waals surface area contributed by atoms with Crippen LogP contribution in [0.1, 0.15) is 36.7 Å². The van der Waals surface area contributed by atoms with Gasteiger partial charge in [0, 0.05) is 20.8 Å². The predicted molar refractivity (Wildman–Crippen MR) is 100 cm³/mol. The van der Waals surface area contributed by atoms with Gasteiger partial charge in [-0.15, -0.1) is 11.8 Å². The summed E-state index contributed by atoms with van der Waals surface area (Å²) in [6.45, 7) is 6.49. The van der Waals surface area contributed by atoms with E-state index in [0.29, 0.717) is 11.3 Å². The number of thioether (sulfide) groups is 1. The molecule has 0 aliphatic carbocycles. The maximum atomic E-state index is 12.1. The van der Waals surface area contributed by atoms with Gasteiger partial charge >= 0.3 is 0 Å². The number of methoxy groups -OCH3 is 1. The molecule has 5 heteroatoms. The van der Waals surface area contributed by atoms with E-state index in [1.165, 1.54) is 0 Å². The fraction of sp³-hybridized carbons (Fsp3) is 0.263. The lowest BCUT2D eigenvalue weighted by atomic mass is 10.2. The first-order valence-electron chi connectivity index (χ1n) is 7.64. The number of nitrogens with one attached hydrogen (secondary N) is 1. The van der Waals surface area contributed by atoms with Crippen molar-refractivity contribution in [2.24, 2.45) is 5.10 Å². The van der Waals surface area contributed by atoms with E-state index >= 15 is 0 Å². The van der Waals surface area contributed by atoms with Crippen LogP contribution in [0.3, 0.4) is 0 Å². The summed E-state index contributed by atoms with van der Waals surface area (Å²) in [6, 6.07) is 15.0. The third-order valence-corrected chi connectivity index (χ3v) is 4.24. The van der Waals surface area contributed by atoms with Gasteiger partial charge in [-0.05, 0) is 24.3 Å². The summed E-state index contributed by atoms with van der Waals surface area (Å²) in [5.74, 6) is 0.365. The highest BCUT2D eigenvalue weighted by Crippen LogP contribution is 2.33. The molecule has 0 unspecified atom stereocenters. The van der Waals surface area contributed by atoms with Gasteiger partial charge in [0.25, 0.3) is 5.91 Å². The Balaban J connectivity index is 2.07. The van der Waals surface area contributed by atoms with Crippen molar-refractivity contribution in [3.05, 3.63) is 59.7 Å². The van der Waals surface area contributed by atoms with Crippen LogP contribution in [0.2, 0.25) is 0 Å². The summed E-state index contributed by atoms with van der Waals surface area (Å²) in [6.07, 6.45) is 1.67. The van der Waals surface area contributed by atoms with E-state index < -0.39 is 0 Å². The van der Waals surface area contributed by atoms with E-state index in [9.17, 15) is 4.79 Å². The third-order valence-electron chi connectivity index (χ3n) is 3.04. The number of carbonyl (C=O) groups excluding carboxylic acids is 1. The van der Waals surface area contributed by atoms with Crippen LogP contribution < -0.4 is 10.2 Å². The highest BCUT2D eigenvalue weighted by atomic mass is 32.2. The molecular weight excluding hydrogens is 320 g/mol. The number of hydrazone groups is 1. The van der Waals surface area contributed by atoms with E-state index in [4.69, 9.17) is 4.74 Å². The van der Waals surface area contributed by atoms with Crippen LogP contribution in [-0.4, -0.2) is 24.0 Å². The minimum Gasteiger partial charge on any atom is -0.497 e. The van der Waals surface area contributed by atoms with Crippen LogP contribution in [0.5, 0.6) is 5.75 Å². The molecule has 1 amide bonds. The summed E-state index contributed by atoms with van der Waals surface area (Å²) in [5, 5.41) is 4.09. The average molecular weight is 342 g/mol. The molecule has 0 aromatic heterocycles. The van der Waals surface area contributed by atoms with Crippen molar-refractivity contribution in [3.63, 3.8) is 0 Å². The largest absolute Gasteiger partial charge is 0.497 e. The van der Waals surface area contributed by atoms with Gasteiger partial charge < -0.3 is 4.74 Å². The highest BCUT2D eigenvalue weighted by Gasteiger charge is 2.13. The molecule has 24 heavy (non-hydrogen) atoms. The van der Waals surface area contributed by atoms with Gasteiger partial charge in [0.2, 0.25) is 0 Å². The topological polar surface area (TPSA) is 50.7 Å². The van der Waals surface area contributed by atoms with Crippen molar-refractivity contribution in [2.75, 3.05) is 7.11 Å². The smallest absolute Gasteiger partial charge is 0.271 e. The quantitative estimate of drug-likeness (QED) is 0.499. The number of nitrogens with zero attached hydrogens (tertiary/aromatic N) is 1. The Morgan fingerprint density at radius 3 is 2.62 bits per heavy atom. The van der Waals surface area contributed by atoms with Crippen molar-refractivity contribution in [1.29, 1.82) is 0 Å². The normalized spacial score (nSPS) is 11.5. The van der Waals surface area contributed by atoms with E-state index in [0.717, 1.165) is 10.5 Å². The van der Waals surface area contributed by atoms with Gasteiger partial charge in [0.15, 0.2) is 0 Å². The number of rotatable bonds is 5. The van der Waals surface area contributed by atoms with Crippen molar-refractivity contribution >= 4 is 23.9 Å². The maximum Gasteiger partial charge on any atom is 0.271 e. The van der Waals surface area contributed by atoms with Crippen LogP contribution in [0.4, 0.5) is 0 Å². The first-order chi connectivity index (χ1) is 11.4. The Morgan fingerprint density at radius 2 is 1.92 bits per heavy atom. The Kier molecular flexibility index (Phi) is 6.04. The Hall–Kier alpha value is -2.27. The predicted octanol–water partition coefficient (Wildman–Crippen LogP) is 4.35. The average Bonchev–Trinajstić information content (AvgIpc) is 2.55. The molecule has 4 nitrogen and oxygen atoms in total. The molecule has 0 aliphatic heterocycles. The second kappa shape index (κ2) is 8.02. The number of carbonyl (C=O) groups is 1. The minimum atomic E-state index is -0.272. The SMILES string of the molecule is COc1cccc(C(=O)N/N=C/c2ccccc2SC(C)(C)C)c1. The van der Waals surface area contributed by atoms with Gasteiger partial charge in [-0.3, -0.25) is 4.79 Å². The Labute approximate surface area is 147 Å². The molecule has 0 radical (unpaired) electrons. The molecule has 0 spiro atoms. The molecule has 0 atom stereocenters. The van der Waals surface area contributed by atoms with E-state index in [1.807, 2.05) is 18.2 Å². The summed E-state index contributed by atoms with van der Waals surface area (Å²) in [4.78, 5) is 13.3. The molecule has 2 aromatic carbocycles. The minimum absolute atomic E-state index is 0.105. The van der Waals surface area contributed by atoms with Crippen molar-refractivity contribution < 1.29 is 9.53 Å². The first-order valence-corrected chi connectivity index (χ1v) is 8.46. The lowest BCUT2D eigenvalue weighted by Crippen LogP contribution is -2.17. The second-order valence-corrected chi connectivity index (χ2v) is 8.05. The Morgan fingerprint density at radius 1 is 1.17 bits per heavy atom. The number of amides is 1. The first kappa shape index (κ1) is 18.1. The molecule has 0 saturated heterocycles. The monoisotopic (exact) mass is 342 g/mol. The summed E-state index contributed by atoms with van der Waals surface area (Å²) >= 11 is 1.77. The van der Waals surface area contributed by atoms with Crippen molar-refractivity contribution in [3.8, 4) is 5.75 Å². The summed E-state index contributed by atoms with van der Waals surface area (Å²) < 4.78 is 5.22. The molecule has 0 saturated carbocycles. The molecule has 2 aromatic rings. The second-order valence-electron chi connectivity index (χ2n) is 6.18. The van der Waals surface area contributed by atoms with E-state index in [-0.39, 0.29) is 10.7 Å². The number of hydrogen-bond acceptors (Lipinski definition) is 4. The lowest BCUT2D eigenvalue weighted by Gasteiger charge is -2.18. The van der Waals surface area contributed by atoms with E-state index in [1.54, 1.807) is 49.4 Å². The zero-order chi connectivity index (χ0) is 17.6. The highest BCUT2D eigenvalue weighted by molar-refractivity contribution is 8.00. The van der Waals surface area contributed by atoms with Crippen LogP contribution >= 0.6 is 11.8 Å².